The Kier molecular flexibility index (Phi) is 5.81. The third-order valence-corrected chi connectivity index (χ3v) is 5.11. The lowest BCUT2D eigenvalue weighted by atomic mass is 10.1. The largest absolute Gasteiger partial charge is 0.334 e. The van der Waals surface area contributed by atoms with Gasteiger partial charge in [-0.25, -0.2) is 9.67 Å². The van der Waals surface area contributed by atoms with Crippen molar-refractivity contribution < 1.29 is 9.32 Å². The quantitative estimate of drug-likeness (QED) is 0.472. The molecule has 0 aliphatic heterocycles. The Hall–Kier alpha value is -3.52. The number of nitrogens with one attached hydrogen (secondary N) is 1. The highest BCUT2D eigenvalue weighted by atomic mass is 35.5. The van der Waals surface area contributed by atoms with E-state index >= 15 is 0 Å². The highest BCUT2D eigenvalue weighted by molar-refractivity contribution is 6.32. The minimum Gasteiger partial charge on any atom is -0.334 e. The molecule has 0 saturated carbocycles. The molecule has 9 heteroatoms. The summed E-state index contributed by atoms with van der Waals surface area (Å²) in [5.41, 5.74) is 2.89. The van der Waals surface area contributed by atoms with Gasteiger partial charge in [0, 0.05) is 24.1 Å². The van der Waals surface area contributed by atoms with Gasteiger partial charge in [0.2, 0.25) is 5.82 Å². The number of aromatic nitrogens is 5. The Bertz CT molecular complexity index is 1250. The first kappa shape index (κ1) is 20.7. The van der Waals surface area contributed by atoms with Crippen LogP contribution in [0.15, 0.2) is 47.0 Å². The number of aryl methyl sites for hydroxylation is 3. The van der Waals surface area contributed by atoms with Crippen LogP contribution < -0.4 is 5.32 Å². The zero-order chi connectivity index (χ0) is 22.0. The molecule has 2 aromatic heterocycles. The number of rotatable bonds is 6. The first-order chi connectivity index (χ1) is 15.0. The molecule has 0 radical (unpaired) electrons. The van der Waals surface area contributed by atoms with Gasteiger partial charge < -0.3 is 9.84 Å². The first-order valence-electron chi connectivity index (χ1n) is 9.96. The minimum absolute atomic E-state index is 0.0626. The lowest BCUT2D eigenvalue weighted by molar-refractivity contribution is 0.101. The summed E-state index contributed by atoms with van der Waals surface area (Å²) in [6, 6.07) is 12.9. The van der Waals surface area contributed by atoms with E-state index in [1.54, 1.807) is 16.8 Å². The highest BCUT2D eigenvalue weighted by Gasteiger charge is 2.19. The van der Waals surface area contributed by atoms with Crippen LogP contribution in [0, 0.1) is 6.92 Å². The number of amides is 1. The van der Waals surface area contributed by atoms with Crippen molar-refractivity contribution in [3.63, 3.8) is 0 Å². The van der Waals surface area contributed by atoms with Crippen LogP contribution in [-0.4, -0.2) is 30.8 Å². The number of nitrogens with zero attached hydrogens (tertiary/aromatic N) is 5. The topological polar surface area (TPSA) is 98.7 Å². The predicted octanol–water partition coefficient (Wildman–Crippen LogP) is 4.66. The number of benzene rings is 2. The Morgan fingerprint density at radius 2 is 1.94 bits per heavy atom. The van der Waals surface area contributed by atoms with Crippen molar-refractivity contribution in [1.82, 2.24) is 24.9 Å². The van der Waals surface area contributed by atoms with Gasteiger partial charge in [0.05, 0.1) is 10.7 Å². The molecule has 0 aliphatic carbocycles. The fourth-order valence-corrected chi connectivity index (χ4v) is 3.28. The Labute approximate surface area is 184 Å². The van der Waals surface area contributed by atoms with Gasteiger partial charge in [-0.3, -0.25) is 4.79 Å². The van der Waals surface area contributed by atoms with Crippen molar-refractivity contribution in [2.75, 3.05) is 5.32 Å². The molecule has 0 saturated heterocycles. The van der Waals surface area contributed by atoms with E-state index in [0.717, 1.165) is 11.1 Å². The molecule has 1 N–H and O–H groups in total. The molecule has 8 nitrogen and oxygen atoms in total. The second kappa shape index (κ2) is 8.69. The SMILES string of the molecule is CCc1noc(-c2ccc(C)c(NC(=O)c3nc(CC)n(-c4ccccc4Cl)n3)c2)n1. The molecule has 0 unspecified atom stereocenters. The zero-order valence-electron chi connectivity index (χ0n) is 17.4. The Morgan fingerprint density at radius 3 is 2.65 bits per heavy atom. The van der Waals surface area contributed by atoms with Crippen molar-refractivity contribution in [2.45, 2.75) is 33.6 Å². The van der Waals surface area contributed by atoms with Crippen LogP contribution in [0.1, 0.15) is 41.7 Å². The van der Waals surface area contributed by atoms with Gasteiger partial charge >= 0.3 is 0 Å². The summed E-state index contributed by atoms with van der Waals surface area (Å²) in [4.78, 5) is 21.7. The second-order valence-electron chi connectivity index (χ2n) is 6.92. The fraction of sp³-hybridized carbons (Fsp3) is 0.227. The number of anilines is 1. The summed E-state index contributed by atoms with van der Waals surface area (Å²) in [6.07, 6.45) is 1.27. The highest BCUT2D eigenvalue weighted by Crippen LogP contribution is 2.25. The monoisotopic (exact) mass is 436 g/mol. The van der Waals surface area contributed by atoms with Gasteiger partial charge in [0.15, 0.2) is 5.82 Å². The third kappa shape index (κ3) is 4.20. The maximum Gasteiger partial charge on any atom is 0.295 e. The zero-order valence-corrected chi connectivity index (χ0v) is 18.1. The number of carbonyl (C=O) groups excluding carboxylic acids is 1. The van der Waals surface area contributed by atoms with Gasteiger partial charge in [-0.15, -0.1) is 5.10 Å². The van der Waals surface area contributed by atoms with Crippen LogP contribution in [0.2, 0.25) is 5.02 Å². The van der Waals surface area contributed by atoms with Crippen LogP contribution in [0.5, 0.6) is 0 Å². The number of hydrogen-bond donors (Lipinski definition) is 1. The average Bonchev–Trinajstić information content (AvgIpc) is 3.43. The predicted molar refractivity (Wildman–Crippen MR) is 118 cm³/mol. The van der Waals surface area contributed by atoms with Crippen molar-refractivity contribution >= 4 is 23.2 Å². The molecule has 4 rings (SSSR count). The fourth-order valence-electron chi connectivity index (χ4n) is 3.07. The van der Waals surface area contributed by atoms with E-state index in [2.05, 4.69) is 25.5 Å². The molecule has 1 amide bonds. The summed E-state index contributed by atoms with van der Waals surface area (Å²) in [6.45, 7) is 5.80. The van der Waals surface area contributed by atoms with Crippen LogP contribution >= 0.6 is 11.6 Å². The molecule has 4 aromatic rings. The Balaban J connectivity index is 1.63. The van der Waals surface area contributed by atoms with E-state index in [4.69, 9.17) is 16.1 Å². The number of carbonyl (C=O) groups is 1. The Morgan fingerprint density at radius 1 is 1.13 bits per heavy atom. The smallest absolute Gasteiger partial charge is 0.295 e. The van der Waals surface area contributed by atoms with Crippen LogP contribution in [0.25, 0.3) is 17.1 Å². The first-order valence-corrected chi connectivity index (χ1v) is 10.3. The van der Waals surface area contributed by atoms with E-state index in [-0.39, 0.29) is 5.82 Å². The normalized spacial score (nSPS) is 11.0. The molecular weight excluding hydrogens is 416 g/mol. The van der Waals surface area contributed by atoms with Crippen molar-refractivity contribution in [3.8, 4) is 17.1 Å². The van der Waals surface area contributed by atoms with Gasteiger partial charge in [0.1, 0.15) is 5.82 Å². The van der Waals surface area contributed by atoms with Crippen LogP contribution in [-0.2, 0) is 12.8 Å². The van der Waals surface area contributed by atoms with Crippen molar-refractivity contribution in [1.29, 1.82) is 0 Å². The van der Waals surface area contributed by atoms with Gasteiger partial charge in [-0.05, 0) is 36.8 Å². The van der Waals surface area contributed by atoms with E-state index in [9.17, 15) is 4.79 Å². The van der Waals surface area contributed by atoms with Crippen LogP contribution in [0.4, 0.5) is 5.69 Å². The number of para-hydroxylation sites is 1. The van der Waals surface area contributed by atoms with E-state index in [1.807, 2.05) is 51.1 Å². The molecule has 31 heavy (non-hydrogen) atoms. The number of hydrogen-bond acceptors (Lipinski definition) is 6. The van der Waals surface area contributed by atoms with E-state index < -0.39 is 5.91 Å². The maximum atomic E-state index is 12.9. The minimum atomic E-state index is -0.416. The molecule has 0 fully saturated rings. The lowest BCUT2D eigenvalue weighted by Crippen LogP contribution is -2.15. The summed E-state index contributed by atoms with van der Waals surface area (Å²) >= 11 is 6.31. The molecule has 0 spiro atoms. The van der Waals surface area contributed by atoms with E-state index in [0.29, 0.717) is 46.8 Å². The summed E-state index contributed by atoms with van der Waals surface area (Å²) in [5.74, 6) is 1.32. The van der Waals surface area contributed by atoms with Gasteiger partial charge in [0.25, 0.3) is 11.8 Å². The lowest BCUT2D eigenvalue weighted by Gasteiger charge is -2.08. The molecular formula is C22H21ClN6O2. The van der Waals surface area contributed by atoms with Gasteiger partial charge in [-0.1, -0.05) is 48.8 Å². The van der Waals surface area contributed by atoms with Crippen LogP contribution in [0.3, 0.4) is 0 Å². The van der Waals surface area contributed by atoms with Crippen molar-refractivity contribution in [3.05, 3.63) is 70.5 Å². The van der Waals surface area contributed by atoms with Crippen molar-refractivity contribution in [2.24, 2.45) is 0 Å². The molecule has 0 aliphatic rings. The third-order valence-electron chi connectivity index (χ3n) is 4.79. The molecule has 2 aromatic carbocycles. The van der Waals surface area contributed by atoms with Gasteiger partial charge in [-0.2, -0.15) is 4.98 Å². The number of halogens is 1. The maximum absolute atomic E-state index is 12.9. The second-order valence-corrected chi connectivity index (χ2v) is 7.33. The van der Waals surface area contributed by atoms with E-state index in [1.165, 1.54) is 0 Å². The summed E-state index contributed by atoms with van der Waals surface area (Å²) in [5, 5.41) is 11.7. The molecule has 2 heterocycles. The summed E-state index contributed by atoms with van der Waals surface area (Å²) < 4.78 is 6.91. The molecule has 0 bridgehead atoms. The molecule has 158 valence electrons. The summed E-state index contributed by atoms with van der Waals surface area (Å²) in [7, 11) is 0. The standard InChI is InChI=1S/C22H21ClN6O2/c1-4-18-25-22(31-28-18)14-11-10-13(3)16(12-14)24-21(30)20-26-19(5-2)29(27-20)17-9-7-6-8-15(17)23/h6-12H,4-5H2,1-3H3,(H,24,30). The average molecular weight is 437 g/mol. The molecule has 0 atom stereocenters.